The largest absolute Gasteiger partial charge is 0.489 e. The second-order valence-corrected chi connectivity index (χ2v) is 8.31. The van der Waals surface area contributed by atoms with Gasteiger partial charge in [-0.1, -0.05) is 19.1 Å². The molecule has 2 aliphatic rings. The molecule has 7 nitrogen and oxygen atoms in total. The number of ether oxygens (including phenoxy) is 1. The van der Waals surface area contributed by atoms with Crippen LogP contribution < -0.4 is 5.32 Å². The van der Waals surface area contributed by atoms with E-state index in [0.29, 0.717) is 12.2 Å². The number of allylic oxidation sites excluding steroid dienone is 4. The van der Waals surface area contributed by atoms with Crippen LogP contribution in [-0.2, 0) is 4.74 Å². The van der Waals surface area contributed by atoms with Crippen LogP contribution in [-0.4, -0.2) is 27.3 Å². The number of nitrogens with one attached hydrogen (secondary N) is 2. The van der Waals surface area contributed by atoms with Crippen LogP contribution in [0, 0.1) is 22.0 Å². The molecule has 1 aromatic carbocycles. The number of aromatic nitrogens is 2. The summed E-state index contributed by atoms with van der Waals surface area (Å²) in [6.07, 6.45) is 2.49. The normalized spacial score (nSPS) is 26.3. The molecule has 2 heterocycles. The number of fused-ring (bicyclic) bond motifs is 1. The first-order chi connectivity index (χ1) is 13.8. The van der Waals surface area contributed by atoms with Crippen molar-refractivity contribution in [2.24, 2.45) is 11.8 Å². The molecule has 0 bridgehead atoms. The van der Waals surface area contributed by atoms with Crippen LogP contribution >= 0.6 is 0 Å². The Labute approximate surface area is 170 Å². The van der Waals surface area contributed by atoms with Gasteiger partial charge in [0.2, 0.25) is 0 Å². The van der Waals surface area contributed by atoms with Crippen LogP contribution in [0.3, 0.4) is 0 Å². The van der Waals surface area contributed by atoms with Crippen LogP contribution in [0.25, 0.3) is 11.3 Å². The van der Waals surface area contributed by atoms with E-state index in [1.54, 1.807) is 6.20 Å². The summed E-state index contributed by atoms with van der Waals surface area (Å²) in [5.74, 6) is 0.812. The maximum Gasteiger partial charge on any atom is 0.253 e. The average molecular weight is 394 g/mol. The predicted octanol–water partition coefficient (Wildman–Crippen LogP) is 4.76. The van der Waals surface area contributed by atoms with E-state index in [1.807, 2.05) is 51.1 Å². The lowest BCUT2D eigenvalue weighted by atomic mass is 9.77. The molecule has 0 spiro atoms. The van der Waals surface area contributed by atoms with Gasteiger partial charge in [-0.2, -0.15) is 5.10 Å². The first kappa shape index (κ1) is 19.2. The maximum absolute atomic E-state index is 11.6. The summed E-state index contributed by atoms with van der Waals surface area (Å²) in [6, 6.07) is 10.1. The molecule has 0 amide bonds. The van der Waals surface area contributed by atoms with Crippen molar-refractivity contribution in [2.75, 3.05) is 11.9 Å². The van der Waals surface area contributed by atoms with Crippen LogP contribution in [0.2, 0.25) is 0 Å². The Morgan fingerprint density at radius 3 is 2.62 bits per heavy atom. The standard InChI is InChI=1S/C22H26N4O3/c1-13-14(2)21-18(15(3)20(13)26(27)28)11-22(4,29-21)12-23-17-7-5-16(6-8-17)19-9-10-24-25-19/h5-10,15,18,23H,11-12H2,1-4H3,(H,24,25). The number of nitrogens with zero attached hydrogens (tertiary/aromatic N) is 2. The highest BCUT2D eigenvalue weighted by Crippen LogP contribution is 2.49. The molecule has 29 heavy (non-hydrogen) atoms. The third-order valence-electron chi connectivity index (χ3n) is 6.26. The SMILES string of the molecule is CC1=C2OC(C)(CNc3ccc(-c4ccn[nH]4)cc3)CC2C(C)C([N+](=O)[O-])=C1C. The zero-order valence-corrected chi connectivity index (χ0v) is 17.2. The molecule has 7 heteroatoms. The first-order valence-electron chi connectivity index (χ1n) is 9.88. The summed E-state index contributed by atoms with van der Waals surface area (Å²) in [5, 5.41) is 22.0. The fourth-order valence-electron chi connectivity index (χ4n) is 4.49. The van der Waals surface area contributed by atoms with Crippen molar-refractivity contribution in [1.82, 2.24) is 10.2 Å². The molecule has 0 saturated carbocycles. The van der Waals surface area contributed by atoms with Gasteiger partial charge in [-0.05, 0) is 56.5 Å². The third kappa shape index (κ3) is 3.41. The van der Waals surface area contributed by atoms with Gasteiger partial charge < -0.3 is 10.1 Å². The summed E-state index contributed by atoms with van der Waals surface area (Å²) in [4.78, 5) is 11.3. The van der Waals surface area contributed by atoms with E-state index in [9.17, 15) is 10.1 Å². The van der Waals surface area contributed by atoms with Crippen molar-refractivity contribution in [3.05, 3.63) is 69.2 Å². The molecule has 3 atom stereocenters. The molecule has 2 aromatic rings. The Morgan fingerprint density at radius 1 is 1.28 bits per heavy atom. The summed E-state index contributed by atoms with van der Waals surface area (Å²) < 4.78 is 6.39. The van der Waals surface area contributed by atoms with E-state index in [2.05, 4.69) is 22.4 Å². The van der Waals surface area contributed by atoms with Crippen molar-refractivity contribution in [1.29, 1.82) is 0 Å². The van der Waals surface area contributed by atoms with E-state index in [4.69, 9.17) is 4.74 Å². The summed E-state index contributed by atoms with van der Waals surface area (Å²) >= 11 is 0. The number of H-pyrrole nitrogens is 1. The van der Waals surface area contributed by atoms with Crippen molar-refractivity contribution in [3.63, 3.8) is 0 Å². The number of aromatic amines is 1. The Morgan fingerprint density at radius 2 is 2.00 bits per heavy atom. The van der Waals surface area contributed by atoms with Gasteiger partial charge in [-0.25, -0.2) is 0 Å². The van der Waals surface area contributed by atoms with Crippen LogP contribution in [0.4, 0.5) is 5.69 Å². The van der Waals surface area contributed by atoms with Gasteiger partial charge in [0.1, 0.15) is 11.4 Å². The van der Waals surface area contributed by atoms with Gasteiger partial charge in [-0.15, -0.1) is 0 Å². The van der Waals surface area contributed by atoms with Gasteiger partial charge in [0.05, 0.1) is 23.1 Å². The maximum atomic E-state index is 11.6. The van der Waals surface area contributed by atoms with Gasteiger partial charge in [-0.3, -0.25) is 15.2 Å². The Bertz CT molecular complexity index is 992. The average Bonchev–Trinajstić information content (AvgIpc) is 3.34. The number of hydrogen-bond acceptors (Lipinski definition) is 5. The number of hydrogen-bond donors (Lipinski definition) is 2. The minimum Gasteiger partial charge on any atom is -0.489 e. The van der Waals surface area contributed by atoms with Gasteiger partial charge >= 0.3 is 0 Å². The Kier molecular flexibility index (Phi) is 4.68. The molecule has 1 aliphatic carbocycles. The zero-order chi connectivity index (χ0) is 20.8. The molecule has 2 N–H and O–H groups in total. The van der Waals surface area contributed by atoms with Gasteiger partial charge in [0.15, 0.2) is 0 Å². The quantitative estimate of drug-likeness (QED) is 0.563. The number of anilines is 1. The Balaban J connectivity index is 1.47. The molecule has 3 unspecified atom stereocenters. The van der Waals surface area contributed by atoms with Crippen LogP contribution in [0.1, 0.15) is 34.1 Å². The smallest absolute Gasteiger partial charge is 0.253 e. The molecular formula is C22H26N4O3. The second kappa shape index (κ2) is 7.06. The molecule has 1 fully saturated rings. The molecule has 152 valence electrons. The highest BCUT2D eigenvalue weighted by atomic mass is 16.6. The van der Waals surface area contributed by atoms with Crippen molar-refractivity contribution in [3.8, 4) is 11.3 Å². The monoisotopic (exact) mass is 394 g/mol. The first-order valence-corrected chi connectivity index (χ1v) is 9.88. The molecule has 1 aromatic heterocycles. The Hall–Kier alpha value is -3.09. The zero-order valence-electron chi connectivity index (χ0n) is 17.2. The lowest BCUT2D eigenvalue weighted by Gasteiger charge is -2.25. The molecular weight excluding hydrogens is 368 g/mol. The minimum atomic E-state index is -0.413. The lowest BCUT2D eigenvalue weighted by molar-refractivity contribution is -0.436. The number of rotatable bonds is 5. The van der Waals surface area contributed by atoms with Crippen molar-refractivity contribution in [2.45, 2.75) is 39.7 Å². The second-order valence-electron chi connectivity index (χ2n) is 8.31. The molecule has 0 radical (unpaired) electrons. The van der Waals surface area contributed by atoms with Gasteiger partial charge in [0, 0.05) is 23.4 Å². The topological polar surface area (TPSA) is 93.1 Å². The van der Waals surface area contributed by atoms with E-state index in [-0.39, 0.29) is 16.8 Å². The fourth-order valence-corrected chi connectivity index (χ4v) is 4.49. The lowest BCUT2D eigenvalue weighted by Crippen LogP contribution is -2.33. The summed E-state index contributed by atoms with van der Waals surface area (Å²) in [7, 11) is 0. The highest BCUT2D eigenvalue weighted by Gasteiger charge is 2.49. The minimum absolute atomic E-state index is 0.0497. The van der Waals surface area contributed by atoms with Crippen LogP contribution in [0.15, 0.2) is 59.1 Å². The molecule has 1 saturated heterocycles. The van der Waals surface area contributed by atoms with E-state index in [0.717, 1.165) is 40.3 Å². The molecule has 1 aliphatic heterocycles. The summed E-state index contributed by atoms with van der Waals surface area (Å²) in [5.41, 5.74) is 4.62. The summed E-state index contributed by atoms with van der Waals surface area (Å²) in [6.45, 7) is 8.40. The predicted molar refractivity (Wildman–Crippen MR) is 112 cm³/mol. The van der Waals surface area contributed by atoms with E-state index in [1.165, 1.54) is 0 Å². The molecule has 4 rings (SSSR count). The fraction of sp³-hybridized carbons (Fsp3) is 0.409. The number of benzene rings is 1. The number of nitro groups is 1. The van der Waals surface area contributed by atoms with E-state index >= 15 is 0 Å². The van der Waals surface area contributed by atoms with Crippen molar-refractivity contribution >= 4 is 5.69 Å². The van der Waals surface area contributed by atoms with Crippen LogP contribution in [0.5, 0.6) is 0 Å². The van der Waals surface area contributed by atoms with Crippen molar-refractivity contribution < 1.29 is 9.66 Å². The van der Waals surface area contributed by atoms with E-state index < -0.39 is 5.60 Å². The van der Waals surface area contributed by atoms with Gasteiger partial charge in [0.25, 0.3) is 5.70 Å². The third-order valence-corrected chi connectivity index (χ3v) is 6.26. The highest BCUT2D eigenvalue weighted by molar-refractivity contribution is 5.62.